The standard InChI is InChI=1S/C16H22ClNO3/c1-16(2,3)21-15(19)18-9-8-12(10-18)11-20-14-7-5-4-6-13(14)17/h4-7,12H,8-11H2,1-3H3. The summed E-state index contributed by atoms with van der Waals surface area (Å²) in [4.78, 5) is 13.7. The van der Waals surface area contributed by atoms with Gasteiger partial charge < -0.3 is 14.4 Å². The number of carbonyl (C=O) groups excluding carboxylic acids is 1. The van der Waals surface area contributed by atoms with Crippen LogP contribution in [0.25, 0.3) is 0 Å². The minimum absolute atomic E-state index is 0.247. The highest BCUT2D eigenvalue weighted by atomic mass is 35.5. The highest BCUT2D eigenvalue weighted by Crippen LogP contribution is 2.25. The fourth-order valence-corrected chi connectivity index (χ4v) is 2.42. The Bertz CT molecular complexity index is 499. The second kappa shape index (κ2) is 6.56. The van der Waals surface area contributed by atoms with Crippen LogP contribution >= 0.6 is 11.6 Å². The average molecular weight is 312 g/mol. The van der Waals surface area contributed by atoms with E-state index in [1.165, 1.54) is 0 Å². The number of benzene rings is 1. The lowest BCUT2D eigenvalue weighted by atomic mass is 10.1. The maximum absolute atomic E-state index is 12.0. The summed E-state index contributed by atoms with van der Waals surface area (Å²) < 4.78 is 11.1. The zero-order valence-corrected chi connectivity index (χ0v) is 13.5. The van der Waals surface area contributed by atoms with Crippen LogP contribution in [0, 0.1) is 5.92 Å². The van der Waals surface area contributed by atoms with Gasteiger partial charge in [-0.25, -0.2) is 4.79 Å². The van der Waals surface area contributed by atoms with Crippen molar-refractivity contribution < 1.29 is 14.3 Å². The third kappa shape index (κ3) is 4.81. The van der Waals surface area contributed by atoms with E-state index >= 15 is 0 Å². The predicted octanol–water partition coefficient (Wildman–Crippen LogP) is 3.98. The molecule has 1 fully saturated rings. The minimum Gasteiger partial charge on any atom is -0.492 e. The molecular formula is C16H22ClNO3. The molecule has 4 nitrogen and oxygen atoms in total. The first-order valence-corrected chi connectivity index (χ1v) is 7.58. The molecule has 1 aliphatic rings. The topological polar surface area (TPSA) is 38.8 Å². The summed E-state index contributed by atoms with van der Waals surface area (Å²) in [5, 5.41) is 0.611. The molecule has 1 heterocycles. The van der Waals surface area contributed by atoms with Crippen LogP contribution in [0.3, 0.4) is 0 Å². The number of nitrogens with zero attached hydrogens (tertiary/aromatic N) is 1. The quantitative estimate of drug-likeness (QED) is 0.847. The van der Waals surface area contributed by atoms with Gasteiger partial charge >= 0.3 is 6.09 Å². The number of halogens is 1. The third-order valence-corrected chi connectivity index (χ3v) is 3.56. The van der Waals surface area contributed by atoms with E-state index in [1.54, 1.807) is 11.0 Å². The van der Waals surface area contributed by atoms with Crippen molar-refractivity contribution in [1.82, 2.24) is 4.90 Å². The molecule has 0 aromatic heterocycles. The second-order valence-corrected chi connectivity index (χ2v) is 6.73. The van der Waals surface area contributed by atoms with E-state index < -0.39 is 5.60 Å². The Morgan fingerprint density at radius 1 is 1.38 bits per heavy atom. The van der Waals surface area contributed by atoms with Crippen LogP contribution in [-0.2, 0) is 4.74 Å². The number of amides is 1. The molecule has 116 valence electrons. The van der Waals surface area contributed by atoms with Gasteiger partial charge in [-0.05, 0) is 39.3 Å². The minimum atomic E-state index is -0.455. The number of rotatable bonds is 3. The number of para-hydroxylation sites is 1. The monoisotopic (exact) mass is 311 g/mol. The van der Waals surface area contributed by atoms with Gasteiger partial charge in [0.05, 0.1) is 11.6 Å². The Balaban J connectivity index is 1.80. The lowest BCUT2D eigenvalue weighted by Crippen LogP contribution is -2.35. The van der Waals surface area contributed by atoms with Crippen molar-refractivity contribution >= 4 is 17.7 Å². The van der Waals surface area contributed by atoms with E-state index in [1.807, 2.05) is 39.0 Å². The highest BCUT2D eigenvalue weighted by Gasteiger charge is 2.30. The lowest BCUT2D eigenvalue weighted by molar-refractivity contribution is 0.0285. The van der Waals surface area contributed by atoms with Crippen molar-refractivity contribution in [3.8, 4) is 5.75 Å². The lowest BCUT2D eigenvalue weighted by Gasteiger charge is -2.24. The van der Waals surface area contributed by atoms with Crippen molar-refractivity contribution in [1.29, 1.82) is 0 Å². The molecule has 1 aliphatic heterocycles. The van der Waals surface area contributed by atoms with Crippen molar-refractivity contribution in [3.63, 3.8) is 0 Å². The second-order valence-electron chi connectivity index (χ2n) is 6.32. The molecule has 21 heavy (non-hydrogen) atoms. The van der Waals surface area contributed by atoms with E-state index in [9.17, 15) is 4.79 Å². The zero-order chi connectivity index (χ0) is 15.5. The van der Waals surface area contributed by atoms with Gasteiger partial charge in [0.15, 0.2) is 0 Å². The van der Waals surface area contributed by atoms with E-state index in [0.29, 0.717) is 36.4 Å². The molecule has 2 rings (SSSR count). The molecule has 0 bridgehead atoms. The summed E-state index contributed by atoms with van der Waals surface area (Å²) in [6.45, 7) is 7.56. The predicted molar refractivity (Wildman–Crippen MR) is 82.9 cm³/mol. The van der Waals surface area contributed by atoms with Crippen molar-refractivity contribution in [2.75, 3.05) is 19.7 Å². The Morgan fingerprint density at radius 2 is 2.10 bits per heavy atom. The van der Waals surface area contributed by atoms with Gasteiger partial charge in [0.2, 0.25) is 0 Å². The summed E-state index contributed by atoms with van der Waals surface area (Å²) in [6.07, 6.45) is 0.673. The van der Waals surface area contributed by atoms with Crippen LogP contribution in [-0.4, -0.2) is 36.3 Å². The molecule has 1 aromatic carbocycles. The van der Waals surface area contributed by atoms with Gasteiger partial charge in [-0.1, -0.05) is 23.7 Å². The first-order valence-electron chi connectivity index (χ1n) is 7.20. The number of hydrogen-bond acceptors (Lipinski definition) is 3. The van der Waals surface area contributed by atoms with Gasteiger partial charge in [-0.15, -0.1) is 0 Å². The maximum Gasteiger partial charge on any atom is 0.410 e. The SMILES string of the molecule is CC(C)(C)OC(=O)N1CCC(COc2ccccc2Cl)C1. The van der Waals surface area contributed by atoms with E-state index in [4.69, 9.17) is 21.1 Å². The summed E-state index contributed by atoms with van der Waals surface area (Å²) in [5.74, 6) is 1.00. The van der Waals surface area contributed by atoms with Crippen LogP contribution in [0.1, 0.15) is 27.2 Å². The van der Waals surface area contributed by atoms with Gasteiger partial charge in [-0.2, -0.15) is 0 Å². The Morgan fingerprint density at radius 3 is 2.76 bits per heavy atom. The Hall–Kier alpha value is -1.42. The fourth-order valence-electron chi connectivity index (χ4n) is 2.23. The molecule has 1 unspecified atom stereocenters. The van der Waals surface area contributed by atoms with E-state index in [-0.39, 0.29) is 6.09 Å². The molecule has 0 saturated carbocycles. The highest BCUT2D eigenvalue weighted by molar-refractivity contribution is 6.32. The van der Waals surface area contributed by atoms with Crippen LogP contribution in [0.5, 0.6) is 5.75 Å². The molecule has 5 heteroatoms. The summed E-state index contributed by atoms with van der Waals surface area (Å²) in [5.41, 5.74) is -0.455. The molecule has 0 N–H and O–H groups in total. The van der Waals surface area contributed by atoms with Crippen LogP contribution in [0.4, 0.5) is 4.79 Å². The molecular weight excluding hydrogens is 290 g/mol. The molecule has 1 amide bonds. The first kappa shape index (κ1) is 16.0. The zero-order valence-electron chi connectivity index (χ0n) is 12.8. The van der Waals surface area contributed by atoms with Gasteiger partial charge in [0.1, 0.15) is 11.4 Å². The van der Waals surface area contributed by atoms with Crippen molar-refractivity contribution in [2.24, 2.45) is 5.92 Å². The summed E-state index contributed by atoms with van der Waals surface area (Å²) in [7, 11) is 0. The fraction of sp³-hybridized carbons (Fsp3) is 0.562. The molecule has 1 atom stereocenters. The molecule has 0 radical (unpaired) electrons. The summed E-state index contributed by atoms with van der Waals surface area (Å²) >= 11 is 6.05. The van der Waals surface area contributed by atoms with E-state index in [2.05, 4.69) is 0 Å². The molecule has 1 saturated heterocycles. The van der Waals surface area contributed by atoms with Crippen LogP contribution in [0.2, 0.25) is 5.02 Å². The van der Waals surface area contributed by atoms with Crippen LogP contribution < -0.4 is 4.74 Å². The summed E-state index contributed by atoms with van der Waals surface area (Å²) in [6, 6.07) is 7.42. The number of carbonyl (C=O) groups is 1. The van der Waals surface area contributed by atoms with Gasteiger partial charge in [0.25, 0.3) is 0 Å². The number of ether oxygens (including phenoxy) is 2. The number of hydrogen-bond donors (Lipinski definition) is 0. The van der Waals surface area contributed by atoms with E-state index in [0.717, 1.165) is 6.42 Å². The van der Waals surface area contributed by atoms with Crippen molar-refractivity contribution in [3.05, 3.63) is 29.3 Å². The molecule has 1 aromatic rings. The third-order valence-electron chi connectivity index (χ3n) is 3.25. The normalized spacial score (nSPS) is 18.7. The van der Waals surface area contributed by atoms with Crippen molar-refractivity contribution in [2.45, 2.75) is 32.8 Å². The number of likely N-dealkylation sites (tertiary alicyclic amines) is 1. The smallest absolute Gasteiger partial charge is 0.410 e. The Kier molecular flexibility index (Phi) is 4.99. The molecule has 0 aliphatic carbocycles. The van der Waals surface area contributed by atoms with Gasteiger partial charge in [0, 0.05) is 19.0 Å². The van der Waals surface area contributed by atoms with Crippen LogP contribution in [0.15, 0.2) is 24.3 Å². The molecule has 0 spiro atoms. The Labute approximate surface area is 131 Å². The first-order chi connectivity index (χ1) is 9.85. The largest absolute Gasteiger partial charge is 0.492 e. The maximum atomic E-state index is 12.0. The van der Waals surface area contributed by atoms with Gasteiger partial charge in [-0.3, -0.25) is 0 Å². The average Bonchev–Trinajstić information content (AvgIpc) is 2.85.